The van der Waals surface area contributed by atoms with Gasteiger partial charge in [-0.15, -0.1) is 0 Å². The average Bonchev–Trinajstić information content (AvgIpc) is 3.21. The van der Waals surface area contributed by atoms with Crippen LogP contribution in [0, 0.1) is 6.92 Å². The van der Waals surface area contributed by atoms with Crippen LogP contribution in [0.1, 0.15) is 55.7 Å². The molecule has 1 unspecified atom stereocenters. The molecular weight excluding hydrogens is 570 g/mol. The van der Waals surface area contributed by atoms with Crippen LogP contribution in [0.25, 0.3) is 10.9 Å². The maximum Gasteiger partial charge on any atom is 0.310 e. The standard InChI is InChI=1S/C33H42ClN3O6/c1-22(21-36-17-15-35(16-18-36)14-13-30(38)43-33(3,4)5)42-31(39)20-27-23(2)37(29-12-11-26(41-6)19-28(27)29)32(40)24-7-9-25(34)10-8-24/h7-12,19,22H,13-18,20-21H2,1-6H3. The van der Waals surface area contributed by atoms with Gasteiger partial charge in [-0.1, -0.05) is 11.6 Å². The van der Waals surface area contributed by atoms with Crippen LogP contribution >= 0.6 is 11.6 Å². The summed E-state index contributed by atoms with van der Waals surface area (Å²) in [7, 11) is 1.58. The first kappa shape index (κ1) is 32.5. The van der Waals surface area contributed by atoms with Crippen LogP contribution in [0.4, 0.5) is 0 Å². The van der Waals surface area contributed by atoms with Gasteiger partial charge < -0.3 is 19.1 Å². The minimum absolute atomic E-state index is 0.0270. The van der Waals surface area contributed by atoms with Crippen molar-refractivity contribution in [3.8, 4) is 5.75 Å². The monoisotopic (exact) mass is 611 g/mol. The molecule has 2 heterocycles. The molecule has 0 N–H and O–H groups in total. The summed E-state index contributed by atoms with van der Waals surface area (Å²) < 4.78 is 18.3. The molecular formula is C33H42ClN3O6. The van der Waals surface area contributed by atoms with Crippen LogP contribution in [-0.2, 0) is 25.5 Å². The van der Waals surface area contributed by atoms with Crippen molar-refractivity contribution < 1.29 is 28.6 Å². The van der Waals surface area contributed by atoms with Crippen molar-refractivity contribution in [3.05, 3.63) is 64.3 Å². The minimum Gasteiger partial charge on any atom is -0.497 e. The highest BCUT2D eigenvalue weighted by Gasteiger charge is 2.25. The van der Waals surface area contributed by atoms with Crippen LogP contribution in [-0.4, -0.2) is 90.3 Å². The number of carbonyl (C=O) groups is 3. The summed E-state index contributed by atoms with van der Waals surface area (Å²) in [6.07, 6.45) is 0.0944. The Morgan fingerprint density at radius 1 is 0.953 bits per heavy atom. The Morgan fingerprint density at radius 2 is 1.60 bits per heavy atom. The van der Waals surface area contributed by atoms with E-state index in [2.05, 4.69) is 9.80 Å². The Bertz CT molecular complexity index is 1450. The number of methoxy groups -OCH3 is 1. The van der Waals surface area contributed by atoms with Crippen molar-refractivity contribution in [2.45, 2.75) is 59.2 Å². The Morgan fingerprint density at radius 3 is 2.23 bits per heavy atom. The van der Waals surface area contributed by atoms with Crippen molar-refractivity contribution in [1.82, 2.24) is 14.4 Å². The average molecular weight is 612 g/mol. The molecule has 43 heavy (non-hydrogen) atoms. The number of nitrogens with zero attached hydrogens (tertiary/aromatic N) is 3. The molecule has 0 saturated carbocycles. The van der Waals surface area contributed by atoms with Gasteiger partial charge in [-0.05, 0) is 82.6 Å². The van der Waals surface area contributed by atoms with E-state index in [-0.39, 0.29) is 30.4 Å². The second kappa shape index (κ2) is 13.9. The Balaban J connectivity index is 1.37. The first-order valence-corrected chi connectivity index (χ1v) is 15.1. The third-order valence-corrected chi connectivity index (χ3v) is 7.77. The summed E-state index contributed by atoms with van der Waals surface area (Å²) >= 11 is 6.03. The van der Waals surface area contributed by atoms with Gasteiger partial charge in [0.25, 0.3) is 5.91 Å². The second-order valence-electron chi connectivity index (χ2n) is 12.1. The lowest BCUT2D eigenvalue weighted by Gasteiger charge is -2.35. The van der Waals surface area contributed by atoms with Gasteiger partial charge in [0.15, 0.2) is 0 Å². The lowest BCUT2D eigenvalue weighted by atomic mass is 10.1. The number of esters is 2. The highest BCUT2D eigenvalue weighted by atomic mass is 35.5. The number of rotatable bonds is 10. The third-order valence-electron chi connectivity index (χ3n) is 7.52. The summed E-state index contributed by atoms with van der Waals surface area (Å²) in [6.45, 7) is 14.0. The number of ether oxygens (including phenoxy) is 3. The number of aromatic nitrogens is 1. The minimum atomic E-state index is -0.471. The molecule has 1 atom stereocenters. The molecule has 4 rings (SSSR count). The topological polar surface area (TPSA) is 90.3 Å². The van der Waals surface area contributed by atoms with E-state index in [0.29, 0.717) is 47.1 Å². The Labute approximate surface area is 258 Å². The molecule has 10 heteroatoms. The fourth-order valence-electron chi connectivity index (χ4n) is 5.44. The van der Waals surface area contributed by atoms with Crippen LogP contribution < -0.4 is 4.74 Å². The molecule has 0 aliphatic carbocycles. The van der Waals surface area contributed by atoms with E-state index >= 15 is 0 Å². The van der Waals surface area contributed by atoms with Gasteiger partial charge in [0.05, 0.1) is 25.5 Å². The van der Waals surface area contributed by atoms with E-state index in [1.807, 2.05) is 46.8 Å². The molecule has 1 aliphatic heterocycles. The molecule has 0 amide bonds. The lowest BCUT2D eigenvalue weighted by Crippen LogP contribution is -2.49. The van der Waals surface area contributed by atoms with Gasteiger partial charge >= 0.3 is 11.9 Å². The summed E-state index contributed by atoms with van der Waals surface area (Å²) in [5.41, 5.74) is 2.12. The quantitative estimate of drug-likeness (QED) is 0.292. The third kappa shape index (κ3) is 8.59. The van der Waals surface area contributed by atoms with Crippen LogP contribution in [0.3, 0.4) is 0 Å². The van der Waals surface area contributed by atoms with Gasteiger partial charge in [0, 0.05) is 60.9 Å². The van der Waals surface area contributed by atoms with Crippen molar-refractivity contribution in [3.63, 3.8) is 0 Å². The molecule has 9 nitrogen and oxygen atoms in total. The molecule has 1 fully saturated rings. The maximum absolute atomic E-state index is 13.5. The van der Waals surface area contributed by atoms with E-state index in [0.717, 1.165) is 37.1 Å². The molecule has 2 aromatic carbocycles. The van der Waals surface area contributed by atoms with Crippen molar-refractivity contribution in [2.24, 2.45) is 0 Å². The summed E-state index contributed by atoms with van der Waals surface area (Å²) in [5.74, 6) is -0.103. The maximum atomic E-state index is 13.5. The predicted octanol–water partition coefficient (Wildman–Crippen LogP) is 5.12. The van der Waals surface area contributed by atoms with Gasteiger partial charge in [-0.25, -0.2) is 0 Å². The van der Waals surface area contributed by atoms with Gasteiger partial charge in [0.1, 0.15) is 17.5 Å². The fourth-order valence-corrected chi connectivity index (χ4v) is 5.57. The van der Waals surface area contributed by atoms with E-state index in [1.165, 1.54) is 0 Å². The fraction of sp³-hybridized carbons (Fsp3) is 0.485. The van der Waals surface area contributed by atoms with E-state index in [9.17, 15) is 14.4 Å². The summed E-state index contributed by atoms with van der Waals surface area (Å²) in [4.78, 5) is 43.3. The molecule has 0 bridgehead atoms. The molecule has 3 aromatic rings. The summed E-state index contributed by atoms with van der Waals surface area (Å²) in [5, 5.41) is 1.32. The number of hydrogen-bond donors (Lipinski definition) is 0. The van der Waals surface area contributed by atoms with Gasteiger partial charge in [-0.3, -0.25) is 23.9 Å². The first-order chi connectivity index (χ1) is 20.3. The Kier molecular flexibility index (Phi) is 10.5. The molecule has 1 aliphatic rings. The smallest absolute Gasteiger partial charge is 0.310 e. The van der Waals surface area contributed by atoms with Gasteiger partial charge in [0.2, 0.25) is 0 Å². The van der Waals surface area contributed by atoms with Crippen LogP contribution in [0.5, 0.6) is 5.75 Å². The lowest BCUT2D eigenvalue weighted by molar-refractivity contribution is -0.155. The molecule has 1 saturated heterocycles. The molecule has 0 spiro atoms. The van der Waals surface area contributed by atoms with Crippen molar-refractivity contribution in [1.29, 1.82) is 0 Å². The normalized spacial score (nSPS) is 15.3. The predicted molar refractivity (Wildman–Crippen MR) is 167 cm³/mol. The molecule has 1 aromatic heterocycles. The van der Waals surface area contributed by atoms with Crippen molar-refractivity contribution in [2.75, 3.05) is 46.4 Å². The number of piperazine rings is 1. The zero-order chi connectivity index (χ0) is 31.3. The van der Waals surface area contributed by atoms with Crippen LogP contribution in [0.15, 0.2) is 42.5 Å². The van der Waals surface area contributed by atoms with E-state index < -0.39 is 5.60 Å². The molecule has 232 valence electrons. The number of hydrogen-bond acceptors (Lipinski definition) is 8. The van der Waals surface area contributed by atoms with Crippen LogP contribution in [0.2, 0.25) is 5.02 Å². The number of benzene rings is 2. The first-order valence-electron chi connectivity index (χ1n) is 14.7. The SMILES string of the molecule is COc1ccc2c(c1)c(CC(=O)OC(C)CN1CCN(CCC(=O)OC(C)(C)C)CC1)c(C)n2C(=O)c1ccc(Cl)cc1. The molecule has 0 radical (unpaired) electrons. The Hall–Kier alpha value is -3.40. The van der Waals surface area contributed by atoms with Gasteiger partial charge in [-0.2, -0.15) is 0 Å². The highest BCUT2D eigenvalue weighted by Crippen LogP contribution is 2.31. The zero-order valence-corrected chi connectivity index (χ0v) is 26.7. The largest absolute Gasteiger partial charge is 0.497 e. The number of carbonyl (C=O) groups excluding carboxylic acids is 3. The second-order valence-corrected chi connectivity index (χ2v) is 12.5. The van der Waals surface area contributed by atoms with E-state index in [4.69, 9.17) is 25.8 Å². The van der Waals surface area contributed by atoms with E-state index in [1.54, 1.807) is 42.0 Å². The summed E-state index contributed by atoms with van der Waals surface area (Å²) in [6, 6.07) is 12.2. The zero-order valence-electron chi connectivity index (χ0n) is 25.9. The highest BCUT2D eigenvalue weighted by molar-refractivity contribution is 6.30. The number of halogens is 1. The van der Waals surface area contributed by atoms with Crippen molar-refractivity contribution >= 4 is 40.3 Å². The number of fused-ring (bicyclic) bond motifs is 1.